The van der Waals surface area contributed by atoms with Crippen LogP contribution in [0.1, 0.15) is 16.2 Å². The number of hydrogen-bond acceptors (Lipinski definition) is 2. The summed E-state index contributed by atoms with van der Waals surface area (Å²) in [6, 6.07) is 5.77. The molecule has 0 aliphatic heterocycles. The van der Waals surface area contributed by atoms with Crippen molar-refractivity contribution in [2.75, 3.05) is 5.32 Å². The van der Waals surface area contributed by atoms with Crippen LogP contribution in [0.25, 0.3) is 0 Å². The Morgan fingerprint density at radius 1 is 1.44 bits per heavy atom. The average Bonchev–Trinajstić information content (AvgIpc) is 2.62. The first-order chi connectivity index (χ1) is 8.47. The lowest BCUT2D eigenvalue weighted by Gasteiger charge is -2.07. The van der Waals surface area contributed by atoms with Gasteiger partial charge in [0, 0.05) is 11.5 Å². The molecule has 0 spiro atoms. The van der Waals surface area contributed by atoms with Crippen LogP contribution in [0.5, 0.6) is 0 Å². The van der Waals surface area contributed by atoms with Crippen LogP contribution >= 0.6 is 15.9 Å². The molecule has 94 valence electrons. The molecule has 18 heavy (non-hydrogen) atoms. The highest BCUT2D eigenvalue weighted by atomic mass is 79.9. The minimum atomic E-state index is -0.365. The van der Waals surface area contributed by atoms with Gasteiger partial charge in [-0.3, -0.25) is 9.48 Å². The number of aryl methyl sites for hydroxylation is 2. The first kappa shape index (κ1) is 12.8. The molecule has 0 fully saturated rings. The number of aromatic nitrogens is 2. The predicted octanol–water partition coefficient (Wildman–Crippen LogP) is 2.88. The lowest BCUT2D eigenvalue weighted by atomic mass is 10.3. The highest BCUT2D eigenvalue weighted by Gasteiger charge is 2.13. The van der Waals surface area contributed by atoms with E-state index < -0.39 is 0 Å². The number of anilines is 1. The Morgan fingerprint density at radius 2 is 2.17 bits per heavy atom. The van der Waals surface area contributed by atoms with Gasteiger partial charge in [0.15, 0.2) is 0 Å². The lowest BCUT2D eigenvalue weighted by molar-refractivity contribution is 0.101. The summed E-state index contributed by atoms with van der Waals surface area (Å²) in [6.07, 6.45) is 0. The van der Waals surface area contributed by atoms with Gasteiger partial charge < -0.3 is 5.32 Å². The zero-order valence-electron chi connectivity index (χ0n) is 9.87. The van der Waals surface area contributed by atoms with E-state index in [0.29, 0.717) is 15.9 Å². The van der Waals surface area contributed by atoms with E-state index in [9.17, 15) is 9.18 Å². The van der Waals surface area contributed by atoms with E-state index in [1.807, 2.05) is 6.92 Å². The number of carbonyl (C=O) groups excluding carboxylic acids is 1. The van der Waals surface area contributed by atoms with Crippen LogP contribution in [-0.2, 0) is 7.05 Å². The summed E-state index contributed by atoms with van der Waals surface area (Å²) in [5.41, 5.74) is 1.73. The van der Waals surface area contributed by atoms with Crippen LogP contribution in [0.15, 0.2) is 28.7 Å². The number of halogens is 2. The number of amides is 1. The second-order valence-corrected chi connectivity index (χ2v) is 4.73. The van der Waals surface area contributed by atoms with Crippen molar-refractivity contribution >= 4 is 27.5 Å². The zero-order valence-corrected chi connectivity index (χ0v) is 11.5. The molecule has 2 rings (SSSR count). The molecule has 0 saturated carbocycles. The number of nitrogens with zero attached hydrogens (tertiary/aromatic N) is 2. The normalized spacial score (nSPS) is 10.4. The Bertz CT molecular complexity index is 609. The van der Waals surface area contributed by atoms with E-state index in [2.05, 4.69) is 26.3 Å². The highest BCUT2D eigenvalue weighted by Crippen LogP contribution is 2.23. The zero-order chi connectivity index (χ0) is 13.3. The van der Waals surface area contributed by atoms with Crippen molar-refractivity contribution in [2.45, 2.75) is 6.92 Å². The van der Waals surface area contributed by atoms with Crippen molar-refractivity contribution in [3.8, 4) is 0 Å². The molecule has 0 atom stereocenters. The van der Waals surface area contributed by atoms with Crippen molar-refractivity contribution in [1.29, 1.82) is 0 Å². The summed E-state index contributed by atoms with van der Waals surface area (Å²) < 4.78 is 14.9. The minimum Gasteiger partial charge on any atom is -0.320 e. The summed E-state index contributed by atoms with van der Waals surface area (Å²) in [5, 5.41) is 6.79. The third-order valence-corrected chi connectivity index (χ3v) is 3.07. The molecule has 2 aromatic rings. The van der Waals surface area contributed by atoms with Gasteiger partial charge in [-0.2, -0.15) is 5.10 Å². The van der Waals surface area contributed by atoms with Crippen molar-refractivity contribution in [3.05, 3.63) is 45.9 Å². The molecule has 1 amide bonds. The van der Waals surface area contributed by atoms with E-state index in [-0.39, 0.29) is 11.7 Å². The monoisotopic (exact) mass is 311 g/mol. The fraction of sp³-hybridized carbons (Fsp3) is 0.167. The van der Waals surface area contributed by atoms with Crippen LogP contribution in [-0.4, -0.2) is 15.7 Å². The van der Waals surface area contributed by atoms with Crippen LogP contribution in [0.2, 0.25) is 0 Å². The molecule has 0 aliphatic rings. The largest absolute Gasteiger partial charge is 0.320 e. The Morgan fingerprint density at radius 3 is 2.72 bits per heavy atom. The van der Waals surface area contributed by atoms with E-state index in [0.717, 1.165) is 5.69 Å². The fourth-order valence-corrected chi connectivity index (χ4v) is 2.05. The number of nitrogens with one attached hydrogen (secondary N) is 1. The lowest BCUT2D eigenvalue weighted by Crippen LogP contribution is -2.16. The van der Waals surface area contributed by atoms with Crippen LogP contribution in [0.3, 0.4) is 0 Å². The molecule has 1 aromatic heterocycles. The van der Waals surface area contributed by atoms with Gasteiger partial charge in [-0.05, 0) is 47.1 Å². The molecule has 1 N–H and O–H groups in total. The van der Waals surface area contributed by atoms with Crippen LogP contribution in [0, 0.1) is 12.7 Å². The van der Waals surface area contributed by atoms with Gasteiger partial charge >= 0.3 is 0 Å². The van der Waals surface area contributed by atoms with Crippen molar-refractivity contribution in [1.82, 2.24) is 9.78 Å². The quantitative estimate of drug-likeness (QED) is 0.927. The molecule has 1 heterocycles. The standard InChI is InChI=1S/C12H11BrFN3O/c1-7-5-11(17(2)16-7)12(18)15-10-4-3-8(14)6-9(10)13/h3-6H,1-2H3,(H,15,18). The second kappa shape index (κ2) is 4.89. The molecular formula is C12H11BrFN3O. The SMILES string of the molecule is Cc1cc(C(=O)Nc2ccc(F)cc2Br)n(C)n1. The summed E-state index contributed by atoms with van der Waals surface area (Å²) in [6.45, 7) is 1.81. The maximum absolute atomic E-state index is 12.9. The summed E-state index contributed by atoms with van der Waals surface area (Å²) in [5.74, 6) is -0.651. The van der Waals surface area contributed by atoms with Gasteiger partial charge in [0.1, 0.15) is 11.5 Å². The number of rotatable bonds is 2. The molecule has 0 bridgehead atoms. The topological polar surface area (TPSA) is 46.9 Å². The molecule has 6 heteroatoms. The smallest absolute Gasteiger partial charge is 0.273 e. The predicted molar refractivity (Wildman–Crippen MR) is 70.0 cm³/mol. The number of carbonyl (C=O) groups is 1. The Kier molecular flexibility index (Phi) is 3.47. The summed E-state index contributed by atoms with van der Waals surface area (Å²) in [4.78, 5) is 12.0. The molecule has 1 aromatic carbocycles. The summed E-state index contributed by atoms with van der Waals surface area (Å²) in [7, 11) is 1.70. The average molecular weight is 312 g/mol. The number of benzene rings is 1. The molecule has 4 nitrogen and oxygen atoms in total. The van der Waals surface area contributed by atoms with Gasteiger partial charge in [0.05, 0.1) is 11.4 Å². The van der Waals surface area contributed by atoms with Crippen LogP contribution < -0.4 is 5.32 Å². The Hall–Kier alpha value is -1.69. The maximum Gasteiger partial charge on any atom is 0.273 e. The van der Waals surface area contributed by atoms with E-state index in [1.165, 1.54) is 22.9 Å². The van der Waals surface area contributed by atoms with Gasteiger partial charge in [-0.15, -0.1) is 0 Å². The summed E-state index contributed by atoms with van der Waals surface area (Å²) >= 11 is 3.19. The Labute approximate surface area is 112 Å². The molecule has 0 unspecified atom stereocenters. The van der Waals surface area contributed by atoms with Crippen molar-refractivity contribution in [2.24, 2.45) is 7.05 Å². The minimum absolute atomic E-state index is 0.287. The van der Waals surface area contributed by atoms with Gasteiger partial charge in [-0.1, -0.05) is 0 Å². The van der Waals surface area contributed by atoms with Crippen LogP contribution in [0.4, 0.5) is 10.1 Å². The highest BCUT2D eigenvalue weighted by molar-refractivity contribution is 9.10. The van der Waals surface area contributed by atoms with Gasteiger partial charge in [0.25, 0.3) is 5.91 Å². The molecular weight excluding hydrogens is 301 g/mol. The number of hydrogen-bond donors (Lipinski definition) is 1. The molecule has 0 aliphatic carbocycles. The van der Waals surface area contributed by atoms with E-state index in [1.54, 1.807) is 13.1 Å². The third-order valence-electron chi connectivity index (χ3n) is 2.41. The molecule has 0 saturated heterocycles. The van der Waals surface area contributed by atoms with Gasteiger partial charge in [-0.25, -0.2) is 4.39 Å². The third kappa shape index (κ3) is 2.59. The maximum atomic E-state index is 12.9. The first-order valence-electron chi connectivity index (χ1n) is 5.24. The molecule has 0 radical (unpaired) electrons. The second-order valence-electron chi connectivity index (χ2n) is 3.87. The van der Waals surface area contributed by atoms with E-state index >= 15 is 0 Å². The first-order valence-corrected chi connectivity index (χ1v) is 6.03. The van der Waals surface area contributed by atoms with Gasteiger partial charge in [0.2, 0.25) is 0 Å². The van der Waals surface area contributed by atoms with Crippen molar-refractivity contribution in [3.63, 3.8) is 0 Å². The van der Waals surface area contributed by atoms with Crippen molar-refractivity contribution < 1.29 is 9.18 Å². The fourth-order valence-electron chi connectivity index (χ4n) is 1.60. The van der Waals surface area contributed by atoms with E-state index in [4.69, 9.17) is 0 Å². The Balaban J connectivity index is 2.24.